The lowest BCUT2D eigenvalue weighted by Gasteiger charge is -2.10. The molecule has 0 aromatic heterocycles. The Bertz CT molecular complexity index is 440. The molecule has 1 aliphatic rings. The molecule has 0 spiro atoms. The Morgan fingerprint density at radius 1 is 1.38 bits per heavy atom. The Morgan fingerprint density at radius 2 is 2.12 bits per heavy atom. The van der Waals surface area contributed by atoms with Crippen molar-refractivity contribution in [3.05, 3.63) is 35.4 Å². The zero-order valence-electron chi connectivity index (χ0n) is 8.66. The maximum Gasteiger partial charge on any atom is 0.185 e. The maximum atomic E-state index is 11.5. The van der Waals surface area contributed by atoms with Crippen molar-refractivity contribution in [1.29, 1.82) is 0 Å². The highest BCUT2D eigenvalue weighted by molar-refractivity contribution is 6.32. The first-order chi connectivity index (χ1) is 7.72. The molecule has 2 rings (SSSR count). The van der Waals surface area contributed by atoms with E-state index in [4.69, 9.17) is 21.1 Å². The van der Waals surface area contributed by atoms with Crippen LogP contribution in [0, 0.1) is 0 Å². The number of fused-ring (bicyclic) bond motifs is 1. The van der Waals surface area contributed by atoms with Crippen molar-refractivity contribution in [2.24, 2.45) is 0 Å². The number of hydrogen-bond donors (Lipinski definition) is 0. The first-order valence-corrected chi connectivity index (χ1v) is 5.36. The number of ketones is 1. The summed E-state index contributed by atoms with van der Waals surface area (Å²) in [7, 11) is 0. The molecule has 1 aliphatic heterocycles. The van der Waals surface area contributed by atoms with E-state index in [1.54, 1.807) is 12.1 Å². The SMILES string of the molecule is C=CC(=O)c1cc(Cl)c2c(c1)OCCCO2. The molecule has 0 unspecified atom stereocenters. The third kappa shape index (κ3) is 2.04. The Hall–Kier alpha value is -1.48. The van der Waals surface area contributed by atoms with Crippen molar-refractivity contribution in [3.63, 3.8) is 0 Å². The number of allylic oxidation sites excluding steroid dienone is 1. The van der Waals surface area contributed by atoms with Gasteiger partial charge in [-0.1, -0.05) is 18.2 Å². The van der Waals surface area contributed by atoms with Crippen LogP contribution >= 0.6 is 11.6 Å². The molecule has 1 heterocycles. The van der Waals surface area contributed by atoms with Crippen molar-refractivity contribution < 1.29 is 14.3 Å². The second-order valence-corrected chi connectivity index (χ2v) is 3.81. The van der Waals surface area contributed by atoms with Gasteiger partial charge in [0.1, 0.15) is 0 Å². The lowest BCUT2D eigenvalue weighted by molar-refractivity contribution is 0.104. The molecule has 1 aromatic rings. The number of rotatable bonds is 2. The van der Waals surface area contributed by atoms with Crippen LogP contribution in [0.25, 0.3) is 0 Å². The Morgan fingerprint density at radius 3 is 2.88 bits per heavy atom. The molecule has 0 N–H and O–H groups in total. The van der Waals surface area contributed by atoms with Crippen LogP contribution in [-0.4, -0.2) is 19.0 Å². The molecule has 84 valence electrons. The Labute approximate surface area is 98.6 Å². The molecular formula is C12H11ClO3. The molecular weight excluding hydrogens is 228 g/mol. The van der Waals surface area contributed by atoms with Crippen molar-refractivity contribution in [1.82, 2.24) is 0 Å². The molecule has 0 aliphatic carbocycles. The summed E-state index contributed by atoms with van der Waals surface area (Å²) in [5, 5.41) is 0.393. The molecule has 0 bridgehead atoms. The van der Waals surface area contributed by atoms with Gasteiger partial charge in [0, 0.05) is 12.0 Å². The Balaban J connectivity index is 2.47. The summed E-state index contributed by atoms with van der Waals surface area (Å²) in [5.74, 6) is 0.854. The van der Waals surface area contributed by atoms with E-state index in [2.05, 4.69) is 6.58 Å². The molecule has 0 atom stereocenters. The standard InChI is InChI=1S/C12H11ClO3/c1-2-10(14)8-6-9(13)12-11(7-8)15-4-3-5-16-12/h2,6-7H,1,3-5H2. The third-order valence-corrected chi connectivity index (χ3v) is 2.55. The van der Waals surface area contributed by atoms with Crippen LogP contribution in [0.2, 0.25) is 5.02 Å². The molecule has 0 saturated carbocycles. The maximum absolute atomic E-state index is 11.5. The van der Waals surface area contributed by atoms with Gasteiger partial charge in [0.25, 0.3) is 0 Å². The van der Waals surface area contributed by atoms with Crippen LogP contribution < -0.4 is 9.47 Å². The normalized spacial score (nSPS) is 14.1. The van der Waals surface area contributed by atoms with E-state index in [9.17, 15) is 4.79 Å². The smallest absolute Gasteiger partial charge is 0.185 e. The number of benzene rings is 1. The third-order valence-electron chi connectivity index (χ3n) is 2.27. The molecule has 0 fully saturated rings. The molecule has 4 heteroatoms. The summed E-state index contributed by atoms with van der Waals surface area (Å²) in [6, 6.07) is 3.20. The predicted molar refractivity (Wildman–Crippen MR) is 61.6 cm³/mol. The van der Waals surface area contributed by atoms with Crippen LogP contribution in [0.5, 0.6) is 11.5 Å². The fourth-order valence-corrected chi connectivity index (χ4v) is 1.76. The average molecular weight is 239 g/mol. The van der Waals surface area contributed by atoms with E-state index in [1.807, 2.05) is 0 Å². The van der Waals surface area contributed by atoms with Crippen molar-refractivity contribution in [3.8, 4) is 11.5 Å². The van der Waals surface area contributed by atoms with Gasteiger partial charge in [-0.25, -0.2) is 0 Å². The summed E-state index contributed by atoms with van der Waals surface area (Å²) in [5.41, 5.74) is 0.462. The molecule has 3 nitrogen and oxygen atoms in total. The highest BCUT2D eigenvalue weighted by Crippen LogP contribution is 2.38. The minimum absolute atomic E-state index is 0.183. The van der Waals surface area contributed by atoms with Crippen LogP contribution in [0.1, 0.15) is 16.8 Å². The zero-order valence-corrected chi connectivity index (χ0v) is 9.42. The summed E-state index contributed by atoms with van der Waals surface area (Å²) in [6.45, 7) is 4.57. The van der Waals surface area contributed by atoms with Gasteiger partial charge in [0.2, 0.25) is 0 Å². The zero-order chi connectivity index (χ0) is 11.5. The Kier molecular flexibility index (Phi) is 3.15. The molecule has 16 heavy (non-hydrogen) atoms. The number of carbonyl (C=O) groups excluding carboxylic acids is 1. The van der Waals surface area contributed by atoms with Crippen LogP contribution in [0.3, 0.4) is 0 Å². The van der Waals surface area contributed by atoms with Gasteiger partial charge < -0.3 is 9.47 Å². The van der Waals surface area contributed by atoms with Crippen LogP contribution in [0.4, 0.5) is 0 Å². The minimum Gasteiger partial charge on any atom is -0.489 e. The van der Waals surface area contributed by atoms with Crippen LogP contribution in [-0.2, 0) is 0 Å². The van der Waals surface area contributed by atoms with Gasteiger partial charge in [-0.15, -0.1) is 0 Å². The monoisotopic (exact) mass is 238 g/mol. The quantitative estimate of drug-likeness (QED) is 0.587. The first-order valence-electron chi connectivity index (χ1n) is 4.98. The molecule has 0 saturated heterocycles. The van der Waals surface area contributed by atoms with Gasteiger partial charge in [-0.3, -0.25) is 4.79 Å². The van der Waals surface area contributed by atoms with E-state index < -0.39 is 0 Å². The molecule has 1 aromatic carbocycles. The van der Waals surface area contributed by atoms with Gasteiger partial charge in [0.15, 0.2) is 17.3 Å². The predicted octanol–water partition coefficient (Wildman–Crippen LogP) is 2.87. The van der Waals surface area contributed by atoms with Gasteiger partial charge in [-0.2, -0.15) is 0 Å². The van der Waals surface area contributed by atoms with E-state index >= 15 is 0 Å². The highest BCUT2D eigenvalue weighted by Gasteiger charge is 2.17. The highest BCUT2D eigenvalue weighted by atomic mass is 35.5. The number of halogens is 1. The summed E-state index contributed by atoms with van der Waals surface area (Å²) in [4.78, 5) is 11.5. The number of hydrogen-bond acceptors (Lipinski definition) is 3. The second-order valence-electron chi connectivity index (χ2n) is 3.40. The van der Waals surface area contributed by atoms with Crippen molar-refractivity contribution in [2.75, 3.05) is 13.2 Å². The van der Waals surface area contributed by atoms with Gasteiger partial charge in [0.05, 0.1) is 18.2 Å². The van der Waals surface area contributed by atoms with Gasteiger partial charge in [-0.05, 0) is 18.2 Å². The fourth-order valence-electron chi connectivity index (χ4n) is 1.49. The summed E-state index contributed by atoms with van der Waals surface area (Å²) in [6.07, 6.45) is 2.05. The van der Waals surface area contributed by atoms with Gasteiger partial charge >= 0.3 is 0 Å². The largest absolute Gasteiger partial charge is 0.489 e. The van der Waals surface area contributed by atoms with E-state index in [0.29, 0.717) is 35.3 Å². The number of ether oxygens (including phenoxy) is 2. The molecule has 0 amide bonds. The van der Waals surface area contributed by atoms with E-state index in [1.165, 1.54) is 6.08 Å². The topological polar surface area (TPSA) is 35.5 Å². The molecule has 0 radical (unpaired) electrons. The minimum atomic E-state index is -0.183. The fraction of sp³-hybridized carbons (Fsp3) is 0.250. The lowest BCUT2D eigenvalue weighted by Crippen LogP contribution is -1.98. The second kappa shape index (κ2) is 4.58. The number of carbonyl (C=O) groups is 1. The van der Waals surface area contributed by atoms with Crippen molar-refractivity contribution >= 4 is 17.4 Å². The van der Waals surface area contributed by atoms with E-state index in [-0.39, 0.29) is 5.78 Å². The lowest BCUT2D eigenvalue weighted by atomic mass is 10.1. The van der Waals surface area contributed by atoms with Crippen molar-refractivity contribution in [2.45, 2.75) is 6.42 Å². The van der Waals surface area contributed by atoms with E-state index in [0.717, 1.165) is 6.42 Å². The summed E-state index contributed by atoms with van der Waals surface area (Å²) < 4.78 is 10.9. The summed E-state index contributed by atoms with van der Waals surface area (Å²) >= 11 is 6.03. The first kappa shape index (κ1) is 11.0. The van der Waals surface area contributed by atoms with Crippen LogP contribution in [0.15, 0.2) is 24.8 Å². The average Bonchev–Trinajstić information content (AvgIpc) is 2.53.